The van der Waals surface area contributed by atoms with E-state index in [1.54, 1.807) is 30.3 Å². The van der Waals surface area contributed by atoms with Gasteiger partial charge in [0.05, 0.1) is 23.1 Å². The third kappa shape index (κ3) is 3.00. The Balaban J connectivity index is 1.23. The van der Waals surface area contributed by atoms with Crippen LogP contribution in [0.5, 0.6) is 0 Å². The summed E-state index contributed by atoms with van der Waals surface area (Å²) >= 11 is 12.3. The summed E-state index contributed by atoms with van der Waals surface area (Å²) in [6.45, 7) is 0. The average molecular weight is 513 g/mol. The van der Waals surface area contributed by atoms with Crippen molar-refractivity contribution in [2.45, 2.75) is 11.8 Å². The molecule has 3 aliphatic carbocycles. The number of imide groups is 1. The van der Waals surface area contributed by atoms with Gasteiger partial charge in [0.15, 0.2) is 0 Å². The molecule has 1 saturated heterocycles. The zero-order chi connectivity index (χ0) is 24.6. The van der Waals surface area contributed by atoms with Crippen LogP contribution in [0.25, 0.3) is 11.3 Å². The number of furan rings is 1. The zero-order valence-electron chi connectivity index (χ0n) is 18.8. The molecular formula is C29H18Cl2N2O3. The molecule has 0 radical (unpaired) electrons. The van der Waals surface area contributed by atoms with Crippen LogP contribution >= 0.6 is 23.2 Å². The molecule has 36 heavy (non-hydrogen) atoms. The first-order valence-electron chi connectivity index (χ1n) is 11.7. The molecule has 2 amide bonds. The van der Waals surface area contributed by atoms with Gasteiger partial charge >= 0.3 is 0 Å². The van der Waals surface area contributed by atoms with Crippen LogP contribution in [0.2, 0.25) is 10.0 Å². The van der Waals surface area contributed by atoms with Crippen LogP contribution in [0, 0.1) is 11.8 Å². The van der Waals surface area contributed by atoms with Gasteiger partial charge in [-0.1, -0.05) is 71.7 Å². The van der Waals surface area contributed by atoms with Crippen LogP contribution in [-0.4, -0.2) is 23.0 Å². The molecule has 0 saturated carbocycles. The zero-order valence-corrected chi connectivity index (χ0v) is 20.3. The summed E-state index contributed by atoms with van der Waals surface area (Å²) in [6, 6.07) is 24.9. The molecule has 0 N–H and O–H groups in total. The van der Waals surface area contributed by atoms with Crippen molar-refractivity contribution in [2.75, 3.05) is 0 Å². The number of amides is 2. The van der Waals surface area contributed by atoms with Crippen molar-refractivity contribution in [1.29, 1.82) is 0 Å². The molecule has 2 heterocycles. The second kappa shape index (κ2) is 7.92. The Labute approximate surface area is 216 Å². The Bertz CT molecular complexity index is 1490. The van der Waals surface area contributed by atoms with Gasteiger partial charge in [0.25, 0.3) is 11.8 Å². The fourth-order valence-electron chi connectivity index (χ4n) is 6.15. The molecule has 1 aliphatic heterocycles. The van der Waals surface area contributed by atoms with Crippen molar-refractivity contribution >= 4 is 41.2 Å². The number of hydrogen-bond acceptors (Lipinski definition) is 4. The maximum Gasteiger partial charge on any atom is 0.254 e. The lowest BCUT2D eigenvalue weighted by Crippen LogP contribution is -2.41. The van der Waals surface area contributed by atoms with E-state index in [1.807, 2.05) is 24.3 Å². The summed E-state index contributed by atoms with van der Waals surface area (Å²) < 4.78 is 5.87. The van der Waals surface area contributed by atoms with E-state index in [4.69, 9.17) is 27.6 Å². The molecule has 0 spiro atoms. The Morgan fingerprint density at radius 2 is 1.31 bits per heavy atom. The average Bonchev–Trinajstić information content (AvgIpc) is 3.45. The molecule has 2 atom stereocenters. The lowest BCUT2D eigenvalue weighted by atomic mass is 9.55. The largest absolute Gasteiger partial charge is 0.455 e. The number of nitrogens with zero attached hydrogens (tertiary/aromatic N) is 2. The van der Waals surface area contributed by atoms with Gasteiger partial charge in [-0.25, -0.2) is 0 Å². The highest BCUT2D eigenvalue weighted by Gasteiger charge is 2.61. The number of hydrazone groups is 1. The second-order valence-corrected chi connectivity index (χ2v) is 10.2. The van der Waals surface area contributed by atoms with Gasteiger partial charge in [-0.3, -0.25) is 9.59 Å². The summed E-state index contributed by atoms with van der Waals surface area (Å²) in [5, 5.41) is 6.33. The first kappa shape index (κ1) is 21.6. The van der Waals surface area contributed by atoms with Crippen LogP contribution in [0.3, 0.4) is 0 Å². The topological polar surface area (TPSA) is 62.9 Å². The Hall–Kier alpha value is -3.67. The van der Waals surface area contributed by atoms with Crippen LogP contribution in [0.1, 0.15) is 39.8 Å². The highest BCUT2D eigenvalue weighted by Crippen LogP contribution is 2.60. The van der Waals surface area contributed by atoms with Gasteiger partial charge in [-0.15, -0.1) is 0 Å². The smallest absolute Gasteiger partial charge is 0.254 e. The Morgan fingerprint density at radius 1 is 0.750 bits per heavy atom. The lowest BCUT2D eigenvalue weighted by molar-refractivity contribution is -0.139. The molecular weight excluding hydrogens is 495 g/mol. The minimum Gasteiger partial charge on any atom is -0.455 e. The van der Waals surface area contributed by atoms with Gasteiger partial charge < -0.3 is 4.42 Å². The van der Waals surface area contributed by atoms with E-state index in [2.05, 4.69) is 29.4 Å². The van der Waals surface area contributed by atoms with Gasteiger partial charge in [0.1, 0.15) is 11.5 Å². The Kier molecular flexibility index (Phi) is 4.75. The fraction of sp³-hybridized carbons (Fsp3) is 0.138. The summed E-state index contributed by atoms with van der Waals surface area (Å²) in [4.78, 5) is 27.2. The van der Waals surface area contributed by atoms with Gasteiger partial charge in [0, 0.05) is 22.4 Å². The highest BCUT2D eigenvalue weighted by atomic mass is 35.5. The van der Waals surface area contributed by atoms with E-state index < -0.39 is 11.8 Å². The monoisotopic (exact) mass is 512 g/mol. The molecule has 1 fully saturated rings. The molecule has 0 unspecified atom stereocenters. The van der Waals surface area contributed by atoms with Crippen LogP contribution in [0.4, 0.5) is 0 Å². The summed E-state index contributed by atoms with van der Waals surface area (Å²) in [5.41, 5.74) is 5.21. The minimum atomic E-state index is -0.468. The lowest BCUT2D eigenvalue weighted by Gasteiger charge is -2.45. The number of carbonyl (C=O) groups is 2. The summed E-state index contributed by atoms with van der Waals surface area (Å²) in [6.07, 6.45) is 1.41. The third-order valence-electron chi connectivity index (χ3n) is 7.55. The molecule has 4 aromatic rings. The van der Waals surface area contributed by atoms with E-state index in [-0.39, 0.29) is 23.7 Å². The van der Waals surface area contributed by atoms with Crippen molar-refractivity contribution in [3.63, 3.8) is 0 Å². The first-order chi connectivity index (χ1) is 17.5. The van der Waals surface area contributed by atoms with Gasteiger partial charge in [0.2, 0.25) is 0 Å². The van der Waals surface area contributed by atoms with Gasteiger partial charge in [-0.05, 0) is 52.6 Å². The maximum absolute atomic E-state index is 13.6. The summed E-state index contributed by atoms with van der Waals surface area (Å²) in [7, 11) is 0. The van der Waals surface area contributed by atoms with E-state index >= 15 is 0 Å². The molecule has 4 aliphatic rings. The van der Waals surface area contributed by atoms with Crippen LogP contribution in [0.15, 0.2) is 88.4 Å². The number of hydrogen-bond donors (Lipinski definition) is 0. The Morgan fingerprint density at radius 3 is 1.83 bits per heavy atom. The number of rotatable bonds is 3. The highest BCUT2D eigenvalue weighted by molar-refractivity contribution is 6.36. The van der Waals surface area contributed by atoms with E-state index in [9.17, 15) is 9.59 Å². The maximum atomic E-state index is 13.6. The van der Waals surface area contributed by atoms with Crippen molar-refractivity contribution in [3.05, 3.63) is 117 Å². The fourth-order valence-corrected chi connectivity index (χ4v) is 6.65. The molecule has 1 aromatic heterocycles. The molecule has 2 bridgehead atoms. The molecule has 7 heteroatoms. The van der Waals surface area contributed by atoms with Crippen molar-refractivity contribution in [2.24, 2.45) is 16.9 Å². The molecule has 8 rings (SSSR count). The predicted molar refractivity (Wildman–Crippen MR) is 137 cm³/mol. The number of halogens is 2. The van der Waals surface area contributed by atoms with E-state index in [0.29, 0.717) is 27.1 Å². The minimum absolute atomic E-state index is 0.161. The number of carbonyl (C=O) groups excluding carboxylic acids is 2. The standard InChI is InChI=1S/C29H18Cl2N2O3/c30-15-9-11-21(22(31)13-15)23-12-10-16(36-23)14-32-33-28(34)26-24-17-5-1-2-6-18(17)25(27(26)29(33)35)20-8-4-3-7-19(20)24/h1-14,24-27H/b32-14-/t24?,25?,26-,27+. The van der Waals surface area contributed by atoms with Crippen LogP contribution in [-0.2, 0) is 9.59 Å². The van der Waals surface area contributed by atoms with E-state index in [0.717, 1.165) is 27.3 Å². The summed E-state index contributed by atoms with van der Waals surface area (Å²) in [5.74, 6) is -0.858. The molecule has 5 nitrogen and oxygen atoms in total. The third-order valence-corrected chi connectivity index (χ3v) is 8.10. The predicted octanol–water partition coefficient (Wildman–Crippen LogP) is 6.48. The van der Waals surface area contributed by atoms with E-state index in [1.165, 1.54) is 6.21 Å². The molecule has 176 valence electrons. The molecule has 3 aromatic carbocycles. The normalized spacial score (nSPS) is 23.8. The quantitative estimate of drug-likeness (QED) is 0.233. The first-order valence-corrected chi connectivity index (χ1v) is 12.4. The van der Waals surface area contributed by atoms with Crippen molar-refractivity contribution < 1.29 is 14.0 Å². The van der Waals surface area contributed by atoms with Crippen molar-refractivity contribution in [3.8, 4) is 11.3 Å². The number of benzene rings is 3. The van der Waals surface area contributed by atoms with Crippen LogP contribution < -0.4 is 0 Å². The van der Waals surface area contributed by atoms with Gasteiger partial charge in [-0.2, -0.15) is 10.1 Å². The van der Waals surface area contributed by atoms with Crippen molar-refractivity contribution in [1.82, 2.24) is 5.01 Å². The SMILES string of the molecule is O=C1[C@@H]2C3c4ccccc4C(c4ccccc43)[C@@H]2C(=O)N1/N=C\c1ccc(-c2ccc(Cl)cc2Cl)o1. The second-order valence-electron chi connectivity index (χ2n) is 9.32.